The van der Waals surface area contributed by atoms with Gasteiger partial charge in [-0.1, -0.05) is 19.8 Å². The van der Waals surface area contributed by atoms with E-state index in [2.05, 4.69) is 6.92 Å². The first-order chi connectivity index (χ1) is 4.81. The summed E-state index contributed by atoms with van der Waals surface area (Å²) >= 11 is 0. The summed E-state index contributed by atoms with van der Waals surface area (Å²) < 4.78 is 4.75. The molecular weight excluding hydrogens is 151 g/mol. The van der Waals surface area contributed by atoms with Crippen LogP contribution in [0.15, 0.2) is 0 Å². The zero-order valence-electron chi connectivity index (χ0n) is 7.85. The number of ether oxygens (including phenoxy) is 1. The van der Waals surface area contributed by atoms with Crippen molar-refractivity contribution in [2.24, 2.45) is 0 Å². The van der Waals surface area contributed by atoms with E-state index in [9.17, 15) is 4.79 Å². The molecule has 0 aliphatic carbocycles. The molecule has 0 aromatic rings. The fourth-order valence-electron chi connectivity index (χ4n) is 0.752. The van der Waals surface area contributed by atoms with E-state index in [-0.39, 0.29) is 35.5 Å². The van der Waals surface area contributed by atoms with Crippen molar-refractivity contribution in [1.82, 2.24) is 0 Å². The summed E-state index contributed by atoms with van der Waals surface area (Å²) in [6.45, 7) is 4.45. The van der Waals surface area contributed by atoms with Crippen molar-refractivity contribution >= 4 is 5.97 Å². The largest absolute Gasteiger partial charge is 1.00 e. The molecule has 0 aliphatic rings. The van der Waals surface area contributed by atoms with Crippen LogP contribution in [0.25, 0.3) is 0 Å². The summed E-state index contributed by atoms with van der Waals surface area (Å²) in [5, 5.41) is 0. The van der Waals surface area contributed by atoms with E-state index in [0.29, 0.717) is 13.0 Å². The van der Waals surface area contributed by atoms with Gasteiger partial charge in [0.1, 0.15) is 0 Å². The minimum absolute atomic E-state index is 0. The molecular formula is C8H16NaO2+. The molecule has 0 radical (unpaired) electrons. The van der Waals surface area contributed by atoms with Crippen LogP contribution in [0.3, 0.4) is 0 Å². The average Bonchev–Trinajstić information content (AvgIpc) is 1.89. The summed E-state index contributed by atoms with van der Waals surface area (Å²) in [6, 6.07) is 0. The van der Waals surface area contributed by atoms with Crippen LogP contribution in [-0.2, 0) is 9.53 Å². The molecule has 0 unspecified atom stereocenters. The maximum absolute atomic E-state index is 10.7. The monoisotopic (exact) mass is 167 g/mol. The number of rotatable bonds is 5. The van der Waals surface area contributed by atoms with Crippen molar-refractivity contribution in [2.45, 2.75) is 39.5 Å². The molecule has 0 rings (SSSR count). The summed E-state index contributed by atoms with van der Waals surface area (Å²) in [5.74, 6) is -0.0593. The average molecular weight is 167 g/mol. The van der Waals surface area contributed by atoms with Gasteiger partial charge in [-0.15, -0.1) is 0 Å². The van der Waals surface area contributed by atoms with Crippen molar-refractivity contribution in [3.8, 4) is 0 Å². The Kier molecular flexibility index (Phi) is 13.3. The molecule has 0 aliphatic heterocycles. The molecule has 0 spiro atoms. The molecule has 3 heteroatoms. The van der Waals surface area contributed by atoms with Gasteiger partial charge in [0.15, 0.2) is 0 Å². The summed E-state index contributed by atoms with van der Waals surface area (Å²) in [4.78, 5) is 10.7. The maximum Gasteiger partial charge on any atom is 1.00 e. The Morgan fingerprint density at radius 1 is 1.27 bits per heavy atom. The molecule has 2 nitrogen and oxygen atoms in total. The van der Waals surface area contributed by atoms with Crippen molar-refractivity contribution in [3.63, 3.8) is 0 Å². The van der Waals surface area contributed by atoms with Crippen LogP contribution >= 0.6 is 0 Å². The van der Waals surface area contributed by atoms with Crippen LogP contribution in [0.1, 0.15) is 39.5 Å². The van der Waals surface area contributed by atoms with Crippen LogP contribution in [0.2, 0.25) is 0 Å². The first kappa shape index (κ1) is 14.0. The van der Waals surface area contributed by atoms with E-state index < -0.39 is 0 Å². The Morgan fingerprint density at radius 3 is 2.36 bits per heavy atom. The Labute approximate surface area is 91.0 Å². The van der Waals surface area contributed by atoms with Crippen molar-refractivity contribution in [2.75, 3.05) is 6.61 Å². The molecule has 0 bridgehead atoms. The van der Waals surface area contributed by atoms with Crippen LogP contribution in [0, 0.1) is 0 Å². The van der Waals surface area contributed by atoms with Crippen molar-refractivity contribution in [1.29, 1.82) is 0 Å². The molecule has 0 aromatic carbocycles. The van der Waals surface area contributed by atoms with Gasteiger partial charge >= 0.3 is 35.5 Å². The quantitative estimate of drug-likeness (QED) is 0.302. The Hall–Kier alpha value is 0.470. The zero-order chi connectivity index (χ0) is 7.82. The third-order valence-corrected chi connectivity index (χ3v) is 1.29. The van der Waals surface area contributed by atoms with Gasteiger partial charge in [-0.3, -0.25) is 4.79 Å². The van der Waals surface area contributed by atoms with Crippen LogP contribution in [0.5, 0.6) is 0 Å². The number of unbranched alkanes of at least 4 members (excludes halogenated alkanes) is 2. The van der Waals surface area contributed by atoms with E-state index >= 15 is 0 Å². The molecule has 0 saturated heterocycles. The number of esters is 1. The molecule has 0 atom stereocenters. The van der Waals surface area contributed by atoms with Crippen LogP contribution in [0.4, 0.5) is 0 Å². The van der Waals surface area contributed by atoms with E-state index in [4.69, 9.17) is 4.74 Å². The predicted octanol–water partition coefficient (Wildman–Crippen LogP) is -0.866. The van der Waals surface area contributed by atoms with Crippen LogP contribution in [-0.4, -0.2) is 12.6 Å². The summed E-state index contributed by atoms with van der Waals surface area (Å²) in [7, 11) is 0. The van der Waals surface area contributed by atoms with Gasteiger partial charge in [0.25, 0.3) is 0 Å². The number of carbonyl (C=O) groups excluding carboxylic acids is 1. The molecule has 0 N–H and O–H groups in total. The zero-order valence-corrected chi connectivity index (χ0v) is 9.85. The molecule has 0 heterocycles. The minimum Gasteiger partial charge on any atom is -0.466 e. The fourth-order valence-corrected chi connectivity index (χ4v) is 0.752. The van der Waals surface area contributed by atoms with Gasteiger partial charge in [-0.2, -0.15) is 0 Å². The maximum atomic E-state index is 10.7. The molecule has 11 heavy (non-hydrogen) atoms. The van der Waals surface area contributed by atoms with E-state index in [1.807, 2.05) is 6.92 Å². The number of hydrogen-bond acceptors (Lipinski definition) is 2. The van der Waals surface area contributed by atoms with Crippen molar-refractivity contribution < 1.29 is 39.1 Å². The predicted molar refractivity (Wildman–Crippen MR) is 40.8 cm³/mol. The third kappa shape index (κ3) is 10.5. The molecule has 0 saturated carbocycles. The van der Waals surface area contributed by atoms with Crippen molar-refractivity contribution in [3.05, 3.63) is 0 Å². The van der Waals surface area contributed by atoms with Crippen LogP contribution < -0.4 is 29.6 Å². The van der Waals surface area contributed by atoms with Gasteiger partial charge in [-0.05, 0) is 13.3 Å². The fraction of sp³-hybridized carbons (Fsp3) is 0.875. The molecule has 60 valence electrons. The standard InChI is InChI=1S/C8H16O2.Na/c1-3-5-6-7-8(9)10-4-2;/h3-7H2,1-2H3;/q;+1. The summed E-state index contributed by atoms with van der Waals surface area (Å²) in [5.41, 5.74) is 0. The van der Waals surface area contributed by atoms with Gasteiger partial charge in [0.05, 0.1) is 6.61 Å². The SMILES string of the molecule is CCCCCC(=O)OCC.[Na+]. The van der Waals surface area contributed by atoms with Gasteiger partial charge in [0.2, 0.25) is 0 Å². The van der Waals surface area contributed by atoms with Gasteiger partial charge in [0, 0.05) is 6.42 Å². The van der Waals surface area contributed by atoms with E-state index in [0.717, 1.165) is 19.3 Å². The third-order valence-electron chi connectivity index (χ3n) is 1.29. The molecule has 0 fully saturated rings. The second-order valence-electron chi connectivity index (χ2n) is 2.26. The van der Waals surface area contributed by atoms with E-state index in [1.165, 1.54) is 0 Å². The molecule has 0 aromatic heterocycles. The number of hydrogen-bond donors (Lipinski definition) is 0. The number of carbonyl (C=O) groups is 1. The summed E-state index contributed by atoms with van der Waals surface area (Å²) in [6.07, 6.45) is 3.83. The Balaban J connectivity index is 0. The topological polar surface area (TPSA) is 26.3 Å². The first-order valence-electron chi connectivity index (χ1n) is 3.96. The normalized spacial score (nSPS) is 8.55. The Bertz CT molecular complexity index is 94.1. The van der Waals surface area contributed by atoms with E-state index in [1.54, 1.807) is 0 Å². The first-order valence-corrected chi connectivity index (χ1v) is 3.96. The second kappa shape index (κ2) is 10.5. The van der Waals surface area contributed by atoms with Gasteiger partial charge in [-0.25, -0.2) is 0 Å². The molecule has 0 amide bonds. The Morgan fingerprint density at radius 2 is 1.91 bits per heavy atom. The minimum atomic E-state index is -0.0593. The smallest absolute Gasteiger partial charge is 0.466 e. The van der Waals surface area contributed by atoms with Gasteiger partial charge < -0.3 is 4.74 Å². The second-order valence-corrected chi connectivity index (χ2v) is 2.26.